The summed E-state index contributed by atoms with van der Waals surface area (Å²) in [6.07, 6.45) is 1.13. The second-order valence-electron chi connectivity index (χ2n) is 4.63. The molecule has 114 valence electrons. The maximum atomic E-state index is 12.0. The number of furan rings is 1. The lowest BCUT2D eigenvalue weighted by Gasteiger charge is -2.22. The Balaban J connectivity index is 2.92. The standard InChI is InChI=1S/C11H16BrNO6S/c1-3-4-11(2,16)6-13-20(17,18)8-5-7(10(14)15)19-9(8)12/h5,13,16H,3-4,6H2,1-2H3,(H,14,15). The van der Waals surface area contributed by atoms with Crippen LogP contribution in [0.1, 0.15) is 37.2 Å². The summed E-state index contributed by atoms with van der Waals surface area (Å²) in [7, 11) is -3.97. The molecule has 1 unspecified atom stereocenters. The molecule has 1 rings (SSSR count). The van der Waals surface area contributed by atoms with E-state index >= 15 is 0 Å². The fourth-order valence-electron chi connectivity index (χ4n) is 1.60. The molecule has 0 aliphatic carbocycles. The van der Waals surface area contributed by atoms with Crippen LogP contribution in [0.5, 0.6) is 0 Å². The van der Waals surface area contributed by atoms with E-state index in [1.807, 2.05) is 6.92 Å². The lowest BCUT2D eigenvalue weighted by atomic mass is 10.0. The van der Waals surface area contributed by atoms with Gasteiger partial charge in [0, 0.05) is 12.6 Å². The van der Waals surface area contributed by atoms with Gasteiger partial charge in [-0.3, -0.25) is 0 Å². The minimum absolute atomic E-state index is 0.177. The normalized spacial score (nSPS) is 15.0. The Kier molecular flexibility index (Phi) is 5.36. The molecule has 0 bridgehead atoms. The zero-order valence-electron chi connectivity index (χ0n) is 11.0. The van der Waals surface area contributed by atoms with Crippen LogP contribution in [0.25, 0.3) is 0 Å². The maximum Gasteiger partial charge on any atom is 0.371 e. The summed E-state index contributed by atoms with van der Waals surface area (Å²) in [4.78, 5) is 10.4. The van der Waals surface area contributed by atoms with Gasteiger partial charge in [-0.25, -0.2) is 17.9 Å². The molecule has 7 nitrogen and oxygen atoms in total. The molecule has 0 aromatic carbocycles. The lowest BCUT2D eigenvalue weighted by molar-refractivity contribution is 0.0554. The van der Waals surface area contributed by atoms with E-state index < -0.39 is 27.4 Å². The minimum atomic E-state index is -3.97. The third kappa shape index (κ3) is 4.30. The van der Waals surface area contributed by atoms with Gasteiger partial charge in [-0.05, 0) is 29.3 Å². The molecule has 9 heteroatoms. The van der Waals surface area contributed by atoms with Crippen LogP contribution in [0.3, 0.4) is 0 Å². The quantitative estimate of drug-likeness (QED) is 0.671. The fourth-order valence-corrected chi connectivity index (χ4v) is 3.70. The van der Waals surface area contributed by atoms with E-state index in [1.54, 1.807) is 0 Å². The molecule has 1 aromatic heterocycles. The first-order chi connectivity index (χ1) is 9.09. The zero-order chi connectivity index (χ0) is 15.6. The molecule has 3 N–H and O–H groups in total. The van der Waals surface area contributed by atoms with Crippen LogP contribution in [0.15, 0.2) is 20.0 Å². The second kappa shape index (κ2) is 6.25. The van der Waals surface area contributed by atoms with Crippen LogP contribution >= 0.6 is 15.9 Å². The van der Waals surface area contributed by atoms with Crippen LogP contribution < -0.4 is 4.72 Å². The van der Waals surface area contributed by atoms with E-state index in [0.29, 0.717) is 12.8 Å². The van der Waals surface area contributed by atoms with Crippen LogP contribution in [0.2, 0.25) is 0 Å². The third-order valence-electron chi connectivity index (χ3n) is 2.59. The van der Waals surface area contributed by atoms with Gasteiger partial charge < -0.3 is 14.6 Å². The number of rotatable bonds is 7. The number of aliphatic hydroxyl groups is 1. The zero-order valence-corrected chi connectivity index (χ0v) is 13.4. The highest BCUT2D eigenvalue weighted by molar-refractivity contribution is 9.10. The number of hydrogen-bond donors (Lipinski definition) is 3. The van der Waals surface area contributed by atoms with E-state index in [1.165, 1.54) is 6.92 Å². The highest BCUT2D eigenvalue weighted by Gasteiger charge is 2.28. The maximum absolute atomic E-state index is 12.0. The van der Waals surface area contributed by atoms with Crippen molar-refractivity contribution < 1.29 is 27.8 Å². The van der Waals surface area contributed by atoms with Gasteiger partial charge >= 0.3 is 5.97 Å². The van der Waals surface area contributed by atoms with Crippen LogP contribution in [-0.4, -0.2) is 36.7 Å². The summed E-state index contributed by atoms with van der Waals surface area (Å²) < 4.78 is 30.9. The minimum Gasteiger partial charge on any atom is -0.475 e. The van der Waals surface area contributed by atoms with E-state index in [4.69, 9.17) is 9.52 Å². The van der Waals surface area contributed by atoms with Gasteiger partial charge in [-0.15, -0.1) is 0 Å². The summed E-state index contributed by atoms with van der Waals surface area (Å²) in [6.45, 7) is 3.21. The Morgan fingerprint density at radius 1 is 1.55 bits per heavy atom. The molecule has 20 heavy (non-hydrogen) atoms. The Morgan fingerprint density at radius 2 is 2.15 bits per heavy atom. The predicted molar refractivity (Wildman–Crippen MR) is 74.1 cm³/mol. The van der Waals surface area contributed by atoms with Crippen molar-refractivity contribution >= 4 is 31.9 Å². The van der Waals surface area contributed by atoms with Gasteiger partial charge in [0.2, 0.25) is 15.8 Å². The number of carboxylic acid groups (broad SMARTS) is 1. The number of carboxylic acids is 1. The molecule has 0 saturated carbocycles. The summed E-state index contributed by atoms with van der Waals surface area (Å²) in [5.41, 5.74) is -1.17. The van der Waals surface area contributed by atoms with Gasteiger partial charge in [-0.1, -0.05) is 13.3 Å². The summed E-state index contributed by atoms with van der Waals surface area (Å²) in [5.74, 6) is -1.86. The Bertz CT molecular complexity index is 592. The largest absolute Gasteiger partial charge is 0.475 e. The number of nitrogens with one attached hydrogen (secondary N) is 1. The second-order valence-corrected chi connectivity index (χ2v) is 7.08. The Labute approximate surface area is 125 Å². The molecule has 1 aromatic rings. The number of sulfonamides is 1. The molecule has 0 aliphatic rings. The van der Waals surface area contributed by atoms with Crippen LogP contribution in [0.4, 0.5) is 0 Å². The van der Waals surface area contributed by atoms with Crippen molar-refractivity contribution in [2.24, 2.45) is 0 Å². The van der Waals surface area contributed by atoms with Gasteiger partial charge in [0.05, 0.1) is 5.60 Å². The summed E-state index contributed by atoms with van der Waals surface area (Å²) >= 11 is 2.86. The highest BCUT2D eigenvalue weighted by Crippen LogP contribution is 2.26. The number of carbonyl (C=O) groups is 1. The van der Waals surface area contributed by atoms with Crippen molar-refractivity contribution in [3.8, 4) is 0 Å². The number of halogens is 1. The van der Waals surface area contributed by atoms with Gasteiger partial charge in [0.25, 0.3) is 0 Å². The van der Waals surface area contributed by atoms with E-state index in [0.717, 1.165) is 6.07 Å². The average Bonchev–Trinajstić information content (AvgIpc) is 2.70. The molecule has 0 fully saturated rings. The van der Waals surface area contributed by atoms with Crippen molar-refractivity contribution in [2.75, 3.05) is 6.54 Å². The van der Waals surface area contributed by atoms with Gasteiger partial charge in [0.1, 0.15) is 4.90 Å². The van der Waals surface area contributed by atoms with Crippen molar-refractivity contribution in [1.82, 2.24) is 4.72 Å². The SMILES string of the molecule is CCCC(C)(O)CNS(=O)(=O)c1cc(C(=O)O)oc1Br. The van der Waals surface area contributed by atoms with Crippen LogP contribution in [0, 0.1) is 0 Å². The molecule has 0 saturated heterocycles. The van der Waals surface area contributed by atoms with E-state index in [2.05, 4.69) is 20.7 Å². The first-order valence-electron chi connectivity index (χ1n) is 5.84. The molecular weight excluding hydrogens is 354 g/mol. The molecule has 0 aliphatic heterocycles. The fraction of sp³-hybridized carbons (Fsp3) is 0.545. The average molecular weight is 370 g/mol. The monoisotopic (exact) mass is 369 g/mol. The van der Waals surface area contributed by atoms with Crippen molar-refractivity contribution in [1.29, 1.82) is 0 Å². The van der Waals surface area contributed by atoms with E-state index in [9.17, 15) is 18.3 Å². The molecule has 0 amide bonds. The Morgan fingerprint density at radius 3 is 2.60 bits per heavy atom. The molecular formula is C11H16BrNO6S. The first kappa shape index (κ1) is 17.2. The predicted octanol–water partition coefficient (Wildman–Crippen LogP) is 1.57. The van der Waals surface area contributed by atoms with Crippen molar-refractivity contribution in [3.05, 3.63) is 16.5 Å². The van der Waals surface area contributed by atoms with Crippen molar-refractivity contribution in [3.63, 3.8) is 0 Å². The first-order valence-corrected chi connectivity index (χ1v) is 8.11. The number of hydrogen-bond acceptors (Lipinski definition) is 5. The van der Waals surface area contributed by atoms with E-state index in [-0.39, 0.29) is 16.1 Å². The molecule has 1 atom stereocenters. The molecule has 1 heterocycles. The third-order valence-corrected chi connectivity index (χ3v) is 4.85. The smallest absolute Gasteiger partial charge is 0.371 e. The highest BCUT2D eigenvalue weighted by atomic mass is 79.9. The van der Waals surface area contributed by atoms with Gasteiger partial charge in [0.15, 0.2) is 4.67 Å². The van der Waals surface area contributed by atoms with Crippen molar-refractivity contribution in [2.45, 2.75) is 37.2 Å². The molecule has 0 spiro atoms. The lowest BCUT2D eigenvalue weighted by Crippen LogP contribution is -2.40. The summed E-state index contributed by atoms with van der Waals surface area (Å²) in [5, 5.41) is 18.7. The number of aromatic carboxylic acids is 1. The summed E-state index contributed by atoms with van der Waals surface area (Å²) in [6, 6.07) is 0.906. The molecule has 0 radical (unpaired) electrons. The van der Waals surface area contributed by atoms with Gasteiger partial charge in [-0.2, -0.15) is 0 Å². The Hall–Kier alpha value is -0.900. The van der Waals surface area contributed by atoms with Crippen LogP contribution in [-0.2, 0) is 10.0 Å². The topological polar surface area (TPSA) is 117 Å².